The van der Waals surface area contributed by atoms with Crippen molar-refractivity contribution in [1.29, 1.82) is 0 Å². The molecule has 0 saturated carbocycles. The Labute approximate surface area is 128 Å². The van der Waals surface area contributed by atoms with Crippen molar-refractivity contribution in [3.63, 3.8) is 0 Å². The van der Waals surface area contributed by atoms with Crippen molar-refractivity contribution >= 4 is 6.08 Å². The van der Waals surface area contributed by atoms with Crippen LogP contribution in [0.4, 0.5) is 0 Å². The molecule has 0 radical (unpaired) electrons. The van der Waals surface area contributed by atoms with E-state index in [2.05, 4.69) is 59.3 Å². The predicted molar refractivity (Wildman–Crippen MR) is 87.3 cm³/mol. The van der Waals surface area contributed by atoms with Crippen molar-refractivity contribution in [2.45, 2.75) is 18.4 Å². The zero-order valence-electron chi connectivity index (χ0n) is 13.0. The number of hydrogen-bond donors (Lipinski definition) is 0. The van der Waals surface area contributed by atoms with Crippen molar-refractivity contribution in [2.75, 3.05) is 46.4 Å². The zero-order valence-corrected chi connectivity index (χ0v) is 13.0. The van der Waals surface area contributed by atoms with Crippen molar-refractivity contribution in [2.24, 2.45) is 0 Å². The minimum absolute atomic E-state index is 0.344. The molecule has 2 aliphatic heterocycles. The molecule has 2 heterocycles. The minimum atomic E-state index is 0.344. The second kappa shape index (κ2) is 6.73. The molecule has 3 rings (SSSR count). The zero-order chi connectivity index (χ0) is 14.5. The second-order valence-corrected chi connectivity index (χ2v) is 6.31. The van der Waals surface area contributed by atoms with Gasteiger partial charge in [-0.15, -0.1) is 0 Å². The summed E-state index contributed by atoms with van der Waals surface area (Å²) in [6, 6.07) is 10.5. The van der Waals surface area contributed by atoms with Crippen LogP contribution in [0.2, 0.25) is 0 Å². The number of ether oxygens (including phenoxy) is 1. The fourth-order valence-electron chi connectivity index (χ4n) is 3.49. The number of hydrogen-bond acceptors (Lipinski definition) is 3. The Morgan fingerprint density at radius 3 is 2.67 bits per heavy atom. The third kappa shape index (κ3) is 3.54. The summed E-state index contributed by atoms with van der Waals surface area (Å²) in [5.74, 6) is 0. The molecule has 2 fully saturated rings. The van der Waals surface area contributed by atoms with Crippen LogP contribution in [0.5, 0.6) is 0 Å². The van der Waals surface area contributed by atoms with E-state index in [4.69, 9.17) is 4.74 Å². The number of likely N-dealkylation sites (N-methyl/N-ethyl adjacent to an activating group) is 1. The van der Waals surface area contributed by atoms with E-state index in [0.717, 1.165) is 26.3 Å². The third-order valence-electron chi connectivity index (χ3n) is 4.98. The monoisotopic (exact) mass is 286 g/mol. The van der Waals surface area contributed by atoms with Crippen LogP contribution in [0.1, 0.15) is 18.4 Å². The lowest BCUT2D eigenvalue weighted by atomic mass is 9.86. The summed E-state index contributed by atoms with van der Waals surface area (Å²) in [5, 5.41) is 0. The molecule has 0 N–H and O–H groups in total. The van der Waals surface area contributed by atoms with Crippen LogP contribution in [-0.4, -0.2) is 61.8 Å². The van der Waals surface area contributed by atoms with Gasteiger partial charge < -0.3 is 4.74 Å². The fourth-order valence-corrected chi connectivity index (χ4v) is 3.49. The summed E-state index contributed by atoms with van der Waals surface area (Å²) in [5.41, 5.74) is 1.63. The molecule has 1 aromatic rings. The molecule has 3 heteroatoms. The van der Waals surface area contributed by atoms with Crippen LogP contribution in [0, 0.1) is 0 Å². The Morgan fingerprint density at radius 1 is 1.14 bits per heavy atom. The molecule has 0 bridgehead atoms. The van der Waals surface area contributed by atoms with Gasteiger partial charge in [0.2, 0.25) is 0 Å². The molecule has 21 heavy (non-hydrogen) atoms. The highest BCUT2D eigenvalue weighted by molar-refractivity contribution is 5.48. The first-order valence-corrected chi connectivity index (χ1v) is 8.01. The SMILES string of the molecule is CN1CCN(C/C=C/c2ccccc2)CC12CCOCC2. The van der Waals surface area contributed by atoms with Crippen LogP contribution < -0.4 is 0 Å². The lowest BCUT2D eigenvalue weighted by Crippen LogP contribution is -2.62. The van der Waals surface area contributed by atoms with E-state index < -0.39 is 0 Å². The van der Waals surface area contributed by atoms with Gasteiger partial charge in [-0.2, -0.15) is 0 Å². The lowest BCUT2D eigenvalue weighted by Gasteiger charge is -2.51. The van der Waals surface area contributed by atoms with E-state index in [1.165, 1.54) is 31.5 Å². The maximum absolute atomic E-state index is 5.56. The van der Waals surface area contributed by atoms with E-state index >= 15 is 0 Å². The van der Waals surface area contributed by atoms with Gasteiger partial charge in [-0.25, -0.2) is 0 Å². The van der Waals surface area contributed by atoms with Gasteiger partial charge in [-0.3, -0.25) is 9.80 Å². The minimum Gasteiger partial charge on any atom is -0.381 e. The van der Waals surface area contributed by atoms with Crippen LogP contribution in [0.25, 0.3) is 6.08 Å². The summed E-state index contributed by atoms with van der Waals surface area (Å²) in [7, 11) is 2.28. The first-order valence-electron chi connectivity index (χ1n) is 8.01. The van der Waals surface area contributed by atoms with E-state index in [9.17, 15) is 0 Å². The van der Waals surface area contributed by atoms with Gasteiger partial charge in [0.25, 0.3) is 0 Å². The maximum atomic E-state index is 5.56. The van der Waals surface area contributed by atoms with Crippen LogP contribution in [0.15, 0.2) is 36.4 Å². The molecular weight excluding hydrogens is 260 g/mol. The Balaban J connectivity index is 1.58. The summed E-state index contributed by atoms with van der Waals surface area (Å²) < 4.78 is 5.56. The van der Waals surface area contributed by atoms with E-state index in [1.807, 2.05) is 0 Å². The van der Waals surface area contributed by atoms with Crippen molar-refractivity contribution in [3.05, 3.63) is 42.0 Å². The summed E-state index contributed by atoms with van der Waals surface area (Å²) >= 11 is 0. The number of benzene rings is 1. The number of piperazine rings is 1. The molecule has 1 spiro atoms. The summed E-state index contributed by atoms with van der Waals surface area (Å²) in [6.07, 6.45) is 6.87. The van der Waals surface area contributed by atoms with Gasteiger partial charge in [0.05, 0.1) is 0 Å². The molecule has 0 aromatic heterocycles. The lowest BCUT2D eigenvalue weighted by molar-refractivity contribution is -0.0583. The van der Waals surface area contributed by atoms with Crippen molar-refractivity contribution in [3.8, 4) is 0 Å². The molecule has 1 aromatic carbocycles. The van der Waals surface area contributed by atoms with Crippen molar-refractivity contribution in [1.82, 2.24) is 9.80 Å². The highest BCUT2D eigenvalue weighted by Crippen LogP contribution is 2.30. The van der Waals surface area contributed by atoms with Crippen LogP contribution >= 0.6 is 0 Å². The van der Waals surface area contributed by atoms with Gasteiger partial charge in [0.1, 0.15) is 0 Å². The average Bonchev–Trinajstić information content (AvgIpc) is 2.53. The third-order valence-corrected chi connectivity index (χ3v) is 4.98. The molecule has 0 unspecified atom stereocenters. The molecule has 0 aliphatic carbocycles. The van der Waals surface area contributed by atoms with Gasteiger partial charge >= 0.3 is 0 Å². The summed E-state index contributed by atoms with van der Waals surface area (Å²) in [4.78, 5) is 5.15. The smallest absolute Gasteiger partial charge is 0.0484 e. The highest BCUT2D eigenvalue weighted by Gasteiger charge is 2.40. The molecular formula is C18H26N2O. The molecule has 2 saturated heterocycles. The second-order valence-electron chi connectivity index (χ2n) is 6.31. The topological polar surface area (TPSA) is 15.7 Å². The predicted octanol–water partition coefficient (Wildman–Crippen LogP) is 2.50. The standard InChI is InChI=1S/C18H26N2O/c1-19-12-13-20(16-18(19)9-14-21-15-10-18)11-5-8-17-6-3-2-4-7-17/h2-8H,9-16H2,1H3/b8-5+. The molecule has 2 aliphatic rings. The van der Waals surface area contributed by atoms with Gasteiger partial charge in [-0.1, -0.05) is 42.5 Å². The number of nitrogens with zero attached hydrogens (tertiary/aromatic N) is 2. The fraction of sp³-hybridized carbons (Fsp3) is 0.556. The molecule has 114 valence electrons. The largest absolute Gasteiger partial charge is 0.381 e. The van der Waals surface area contributed by atoms with E-state index in [0.29, 0.717) is 5.54 Å². The Morgan fingerprint density at radius 2 is 1.90 bits per heavy atom. The van der Waals surface area contributed by atoms with E-state index in [-0.39, 0.29) is 0 Å². The quantitative estimate of drug-likeness (QED) is 0.849. The van der Waals surface area contributed by atoms with E-state index in [1.54, 1.807) is 0 Å². The Kier molecular flexibility index (Phi) is 4.73. The van der Waals surface area contributed by atoms with Crippen molar-refractivity contribution < 1.29 is 4.74 Å². The maximum Gasteiger partial charge on any atom is 0.0484 e. The van der Waals surface area contributed by atoms with Gasteiger partial charge in [-0.05, 0) is 25.5 Å². The highest BCUT2D eigenvalue weighted by atomic mass is 16.5. The summed E-state index contributed by atoms with van der Waals surface area (Å²) in [6.45, 7) is 6.38. The number of rotatable bonds is 3. The van der Waals surface area contributed by atoms with Crippen LogP contribution in [0.3, 0.4) is 0 Å². The van der Waals surface area contributed by atoms with Gasteiger partial charge in [0, 0.05) is 44.9 Å². The molecule has 3 nitrogen and oxygen atoms in total. The Hall–Kier alpha value is -1.16. The first-order chi connectivity index (χ1) is 10.3. The molecule has 0 amide bonds. The van der Waals surface area contributed by atoms with Crippen LogP contribution in [-0.2, 0) is 4.74 Å². The first kappa shape index (κ1) is 14.8. The normalized spacial score (nSPS) is 23.9. The van der Waals surface area contributed by atoms with Gasteiger partial charge in [0.15, 0.2) is 0 Å². The molecule has 0 atom stereocenters. The average molecular weight is 286 g/mol. The Bertz CT molecular complexity index is 465.